The number of hydrogen-bond acceptors (Lipinski definition) is 6. The first kappa shape index (κ1) is 15.8. The highest BCUT2D eigenvalue weighted by atomic mass is 32.2. The number of hydrogen-bond donors (Lipinski definition) is 0. The van der Waals surface area contributed by atoms with Crippen LogP contribution < -0.4 is 0 Å². The van der Waals surface area contributed by atoms with Crippen LogP contribution in [0, 0.1) is 5.41 Å². The van der Waals surface area contributed by atoms with Crippen LogP contribution in [0.25, 0.3) is 0 Å². The molecule has 0 radical (unpaired) electrons. The van der Waals surface area contributed by atoms with Gasteiger partial charge in [-0.2, -0.15) is 0 Å². The molecule has 0 aliphatic carbocycles. The van der Waals surface area contributed by atoms with E-state index in [0.29, 0.717) is 6.41 Å². The molecule has 0 unspecified atom stereocenters. The van der Waals surface area contributed by atoms with Gasteiger partial charge in [-0.1, -0.05) is 20.8 Å². The van der Waals surface area contributed by atoms with Crippen molar-refractivity contribution in [1.29, 1.82) is 0 Å². The van der Waals surface area contributed by atoms with E-state index in [4.69, 9.17) is 9.47 Å². The van der Waals surface area contributed by atoms with Gasteiger partial charge in [-0.05, 0) is 5.41 Å². The van der Waals surface area contributed by atoms with Gasteiger partial charge >= 0.3 is 11.9 Å². The van der Waals surface area contributed by atoms with E-state index in [1.54, 1.807) is 0 Å². The van der Waals surface area contributed by atoms with Gasteiger partial charge in [0.25, 0.3) is 0 Å². The molecule has 1 aliphatic heterocycles. The number of nitrogens with zero attached hydrogens (tertiary/aromatic N) is 1. The minimum absolute atomic E-state index is 0.277. The van der Waals surface area contributed by atoms with Gasteiger partial charge in [0, 0.05) is 0 Å². The summed E-state index contributed by atoms with van der Waals surface area (Å²) >= 11 is 1.25. The van der Waals surface area contributed by atoms with Gasteiger partial charge in [0.1, 0.15) is 5.25 Å². The van der Waals surface area contributed by atoms with E-state index in [9.17, 15) is 14.4 Å². The Morgan fingerprint density at radius 1 is 1.16 bits per heavy atom. The molecule has 0 bridgehead atoms. The summed E-state index contributed by atoms with van der Waals surface area (Å²) in [4.78, 5) is 36.3. The van der Waals surface area contributed by atoms with Crippen LogP contribution in [-0.4, -0.2) is 54.1 Å². The van der Waals surface area contributed by atoms with E-state index in [1.807, 2.05) is 20.8 Å². The topological polar surface area (TPSA) is 72.9 Å². The molecule has 1 saturated heterocycles. The fourth-order valence-electron chi connectivity index (χ4n) is 2.02. The maximum atomic E-state index is 11.8. The van der Waals surface area contributed by atoms with Gasteiger partial charge in [0.2, 0.25) is 6.41 Å². The minimum atomic E-state index is -0.941. The number of amides is 1. The maximum Gasteiger partial charge on any atom is 0.330 e. The molecule has 0 saturated carbocycles. The quantitative estimate of drug-likeness (QED) is 0.561. The van der Waals surface area contributed by atoms with E-state index in [-0.39, 0.29) is 10.8 Å². The van der Waals surface area contributed by atoms with Crippen molar-refractivity contribution in [2.75, 3.05) is 14.2 Å². The Balaban J connectivity index is 3.15. The van der Waals surface area contributed by atoms with Crippen LogP contribution in [0.5, 0.6) is 0 Å². The molecular formula is C12H19NO5S. The summed E-state index contributed by atoms with van der Waals surface area (Å²) in [5.74, 6) is -1.14. The number of esters is 2. The van der Waals surface area contributed by atoms with E-state index < -0.39 is 23.2 Å². The number of carbonyl (C=O) groups is 3. The molecular weight excluding hydrogens is 270 g/mol. The van der Waals surface area contributed by atoms with E-state index >= 15 is 0 Å². The Labute approximate surface area is 116 Å². The highest BCUT2D eigenvalue weighted by molar-refractivity contribution is 8.01. The molecule has 1 aliphatic rings. The molecule has 1 heterocycles. The molecule has 19 heavy (non-hydrogen) atoms. The van der Waals surface area contributed by atoms with Crippen LogP contribution >= 0.6 is 11.8 Å². The Bertz CT molecular complexity index is 379. The summed E-state index contributed by atoms with van der Waals surface area (Å²) in [6, 6.07) is -0.941. The molecule has 1 rings (SSSR count). The number of rotatable bonds is 3. The van der Waals surface area contributed by atoms with Gasteiger partial charge in [0.15, 0.2) is 6.04 Å². The molecule has 1 amide bonds. The van der Waals surface area contributed by atoms with E-state index in [1.165, 1.54) is 30.9 Å². The summed E-state index contributed by atoms with van der Waals surface area (Å²) in [5.41, 5.74) is -0.277. The van der Waals surface area contributed by atoms with Crippen molar-refractivity contribution < 1.29 is 23.9 Å². The molecule has 108 valence electrons. The maximum absolute atomic E-state index is 11.8. The summed E-state index contributed by atoms with van der Waals surface area (Å²) in [6.07, 6.45) is 0.591. The van der Waals surface area contributed by atoms with Crippen molar-refractivity contribution in [3.05, 3.63) is 0 Å². The van der Waals surface area contributed by atoms with Crippen molar-refractivity contribution >= 4 is 30.1 Å². The van der Waals surface area contributed by atoms with Crippen molar-refractivity contribution in [2.45, 2.75) is 37.4 Å². The second-order valence-electron chi connectivity index (χ2n) is 5.32. The SMILES string of the molecule is COC(=O)[C@H]1S[C@H](C(C)(C)C)N(C=O)[C@@H]1C(=O)OC. The smallest absolute Gasteiger partial charge is 0.330 e. The van der Waals surface area contributed by atoms with Gasteiger partial charge in [0.05, 0.1) is 19.6 Å². The van der Waals surface area contributed by atoms with Crippen molar-refractivity contribution in [3.8, 4) is 0 Å². The molecule has 0 aromatic carbocycles. The standard InChI is InChI=1S/C12H19NO5S/c1-12(2,3)11-13(6-14)7(9(15)17-4)8(19-11)10(16)18-5/h6-8,11H,1-5H3/t7-,8-,11+/m0/s1. The lowest BCUT2D eigenvalue weighted by molar-refractivity contribution is -0.154. The van der Waals surface area contributed by atoms with Gasteiger partial charge in [-0.3, -0.25) is 9.59 Å². The first-order chi connectivity index (χ1) is 8.77. The number of thioether (sulfide) groups is 1. The number of ether oxygens (including phenoxy) is 2. The highest BCUT2D eigenvalue weighted by Crippen LogP contribution is 2.44. The zero-order chi connectivity index (χ0) is 14.8. The molecule has 1 fully saturated rings. The second kappa shape index (κ2) is 5.81. The number of carbonyl (C=O) groups excluding carboxylic acids is 3. The van der Waals surface area contributed by atoms with Crippen molar-refractivity contribution in [1.82, 2.24) is 4.90 Å². The lowest BCUT2D eigenvalue weighted by atomic mass is 9.95. The van der Waals surface area contributed by atoms with Crippen LogP contribution in [0.4, 0.5) is 0 Å². The average molecular weight is 289 g/mol. The second-order valence-corrected chi connectivity index (χ2v) is 6.55. The third-order valence-corrected chi connectivity index (χ3v) is 4.84. The fourth-order valence-corrected chi connectivity index (χ4v) is 3.64. The summed E-state index contributed by atoms with van der Waals surface area (Å²) in [7, 11) is 2.49. The van der Waals surface area contributed by atoms with Crippen LogP contribution in [0.2, 0.25) is 0 Å². The van der Waals surface area contributed by atoms with Gasteiger partial charge in [-0.25, -0.2) is 4.79 Å². The molecule has 0 N–H and O–H groups in total. The first-order valence-electron chi connectivity index (χ1n) is 5.81. The van der Waals surface area contributed by atoms with Crippen LogP contribution in [0.3, 0.4) is 0 Å². The molecule has 6 nitrogen and oxygen atoms in total. The molecule has 7 heteroatoms. The van der Waals surface area contributed by atoms with Crippen LogP contribution in [0.1, 0.15) is 20.8 Å². The predicted molar refractivity (Wildman–Crippen MR) is 70.3 cm³/mol. The normalized spacial score (nSPS) is 27.0. The summed E-state index contributed by atoms with van der Waals surface area (Å²) in [5, 5.41) is -1.05. The summed E-state index contributed by atoms with van der Waals surface area (Å²) in [6.45, 7) is 5.82. The van der Waals surface area contributed by atoms with Gasteiger partial charge < -0.3 is 14.4 Å². The van der Waals surface area contributed by atoms with Crippen molar-refractivity contribution in [2.24, 2.45) is 5.41 Å². The Morgan fingerprint density at radius 2 is 1.68 bits per heavy atom. The summed E-state index contributed by atoms with van der Waals surface area (Å²) < 4.78 is 9.39. The predicted octanol–water partition coefficient (Wildman–Crippen LogP) is 0.647. The van der Waals surface area contributed by atoms with E-state index in [0.717, 1.165) is 0 Å². The largest absolute Gasteiger partial charge is 0.468 e. The average Bonchev–Trinajstić information content (AvgIpc) is 2.75. The zero-order valence-corrected chi connectivity index (χ0v) is 12.5. The van der Waals surface area contributed by atoms with Crippen LogP contribution in [-0.2, 0) is 23.9 Å². The monoisotopic (exact) mass is 289 g/mol. The minimum Gasteiger partial charge on any atom is -0.468 e. The third kappa shape index (κ3) is 3.02. The Hall–Kier alpha value is -1.24. The molecule has 0 spiro atoms. The lowest BCUT2D eigenvalue weighted by Crippen LogP contribution is -2.48. The lowest BCUT2D eigenvalue weighted by Gasteiger charge is -2.33. The van der Waals surface area contributed by atoms with Crippen molar-refractivity contribution in [3.63, 3.8) is 0 Å². The van der Waals surface area contributed by atoms with E-state index in [2.05, 4.69) is 0 Å². The third-order valence-electron chi connectivity index (χ3n) is 2.89. The molecule has 0 aromatic heterocycles. The molecule has 0 aromatic rings. The first-order valence-corrected chi connectivity index (χ1v) is 6.76. The Morgan fingerprint density at radius 3 is 2.05 bits per heavy atom. The zero-order valence-electron chi connectivity index (χ0n) is 11.7. The highest BCUT2D eigenvalue weighted by Gasteiger charge is 2.53. The number of methoxy groups -OCH3 is 2. The fraction of sp³-hybridized carbons (Fsp3) is 0.750. The van der Waals surface area contributed by atoms with Crippen LogP contribution in [0.15, 0.2) is 0 Å². The Kier molecular flexibility index (Phi) is 4.84. The molecule has 3 atom stereocenters. The van der Waals surface area contributed by atoms with Gasteiger partial charge in [-0.15, -0.1) is 11.8 Å².